The first kappa shape index (κ1) is 14.5. The molecule has 1 aliphatic heterocycles. The van der Waals surface area contributed by atoms with Gasteiger partial charge in [0.1, 0.15) is 0 Å². The van der Waals surface area contributed by atoms with Crippen molar-refractivity contribution < 1.29 is 4.79 Å². The molecule has 0 aromatic carbocycles. The predicted molar refractivity (Wildman–Crippen MR) is 70.7 cm³/mol. The minimum atomic E-state index is -0.119. The third kappa shape index (κ3) is 4.64. The minimum Gasteiger partial charge on any atom is -0.369 e. The zero-order valence-electron chi connectivity index (χ0n) is 11.5. The highest BCUT2D eigenvalue weighted by Gasteiger charge is 2.26. The Balaban J connectivity index is 2.36. The summed E-state index contributed by atoms with van der Waals surface area (Å²) in [6.45, 7) is 5.44. The Hall–Kier alpha value is -0.610. The summed E-state index contributed by atoms with van der Waals surface area (Å²) in [5.41, 5.74) is 5.36. The van der Waals surface area contributed by atoms with Crippen LogP contribution in [0.25, 0.3) is 0 Å². The number of hydrogen-bond donors (Lipinski definition) is 1. The van der Waals surface area contributed by atoms with Gasteiger partial charge in [-0.05, 0) is 59.4 Å². The molecule has 1 rings (SSSR count). The van der Waals surface area contributed by atoms with Crippen LogP contribution in [0.2, 0.25) is 0 Å². The summed E-state index contributed by atoms with van der Waals surface area (Å²) < 4.78 is 0. The lowest BCUT2D eigenvalue weighted by Crippen LogP contribution is -2.44. The monoisotopic (exact) mass is 241 g/mol. The first-order chi connectivity index (χ1) is 8.04. The summed E-state index contributed by atoms with van der Waals surface area (Å²) in [5.74, 6) is -0.0106. The van der Waals surface area contributed by atoms with Crippen molar-refractivity contribution in [3.63, 3.8) is 0 Å². The summed E-state index contributed by atoms with van der Waals surface area (Å²) in [5, 5.41) is 0. The molecule has 1 amide bonds. The number of hydrogen-bond acceptors (Lipinski definition) is 3. The van der Waals surface area contributed by atoms with Crippen LogP contribution < -0.4 is 5.73 Å². The highest BCUT2D eigenvalue weighted by Crippen LogP contribution is 2.21. The van der Waals surface area contributed by atoms with Gasteiger partial charge in [0.2, 0.25) is 5.91 Å². The highest BCUT2D eigenvalue weighted by atomic mass is 16.1. The standard InChI is InChI=1S/C13H27N3O/c1-4-12(7-8-15(2)3)16-9-5-11(6-10-16)13(14)17/h11-12H,4-10H2,1-3H3,(H2,14,17). The van der Waals surface area contributed by atoms with Crippen molar-refractivity contribution in [2.45, 2.75) is 38.6 Å². The lowest BCUT2D eigenvalue weighted by molar-refractivity contribution is -0.123. The van der Waals surface area contributed by atoms with Crippen LogP contribution in [0.4, 0.5) is 0 Å². The van der Waals surface area contributed by atoms with Crippen LogP contribution in [-0.2, 0) is 4.79 Å². The summed E-state index contributed by atoms with van der Waals surface area (Å²) in [6, 6.07) is 0.659. The molecule has 0 bridgehead atoms. The Labute approximate surface area is 105 Å². The third-order valence-corrected chi connectivity index (χ3v) is 3.83. The molecule has 1 aliphatic rings. The maximum Gasteiger partial charge on any atom is 0.220 e. The zero-order chi connectivity index (χ0) is 12.8. The molecule has 0 aliphatic carbocycles. The number of amides is 1. The van der Waals surface area contributed by atoms with Gasteiger partial charge in [0.05, 0.1) is 0 Å². The van der Waals surface area contributed by atoms with Gasteiger partial charge in [0, 0.05) is 12.0 Å². The van der Waals surface area contributed by atoms with Crippen LogP contribution in [-0.4, -0.2) is 55.5 Å². The van der Waals surface area contributed by atoms with Crippen LogP contribution in [0, 0.1) is 5.92 Å². The first-order valence-electron chi connectivity index (χ1n) is 6.72. The number of carbonyl (C=O) groups excluding carboxylic acids is 1. The van der Waals surface area contributed by atoms with Crippen molar-refractivity contribution in [3.8, 4) is 0 Å². The number of piperidine rings is 1. The van der Waals surface area contributed by atoms with Gasteiger partial charge < -0.3 is 15.5 Å². The topological polar surface area (TPSA) is 49.6 Å². The van der Waals surface area contributed by atoms with E-state index in [2.05, 4.69) is 30.8 Å². The second-order valence-electron chi connectivity index (χ2n) is 5.37. The summed E-state index contributed by atoms with van der Waals surface area (Å²) in [4.78, 5) is 15.9. The predicted octanol–water partition coefficient (Wildman–Crippen LogP) is 0.914. The zero-order valence-corrected chi connectivity index (χ0v) is 11.5. The van der Waals surface area contributed by atoms with E-state index in [1.165, 1.54) is 12.8 Å². The number of carbonyl (C=O) groups is 1. The van der Waals surface area contributed by atoms with Gasteiger partial charge in [0.15, 0.2) is 0 Å². The molecule has 17 heavy (non-hydrogen) atoms. The fourth-order valence-electron chi connectivity index (χ4n) is 2.60. The van der Waals surface area contributed by atoms with Gasteiger partial charge in [-0.1, -0.05) is 6.92 Å². The second kappa shape index (κ2) is 6.97. The molecule has 4 heteroatoms. The fraction of sp³-hybridized carbons (Fsp3) is 0.923. The number of rotatable bonds is 6. The lowest BCUT2D eigenvalue weighted by atomic mass is 9.94. The number of likely N-dealkylation sites (tertiary alicyclic amines) is 1. The molecule has 1 heterocycles. The second-order valence-corrected chi connectivity index (χ2v) is 5.37. The maximum absolute atomic E-state index is 11.1. The average molecular weight is 241 g/mol. The van der Waals surface area contributed by atoms with E-state index in [0.29, 0.717) is 6.04 Å². The van der Waals surface area contributed by atoms with E-state index in [4.69, 9.17) is 5.73 Å². The third-order valence-electron chi connectivity index (χ3n) is 3.83. The van der Waals surface area contributed by atoms with Gasteiger partial charge in [-0.2, -0.15) is 0 Å². The Morgan fingerprint density at radius 3 is 2.41 bits per heavy atom. The van der Waals surface area contributed by atoms with Gasteiger partial charge in [-0.25, -0.2) is 0 Å². The van der Waals surface area contributed by atoms with Gasteiger partial charge in [-0.15, -0.1) is 0 Å². The summed E-state index contributed by atoms with van der Waals surface area (Å²) in [6.07, 6.45) is 4.28. The molecule has 0 saturated carbocycles. The van der Waals surface area contributed by atoms with E-state index in [0.717, 1.165) is 32.5 Å². The van der Waals surface area contributed by atoms with Crippen LogP contribution in [0.5, 0.6) is 0 Å². The molecule has 4 nitrogen and oxygen atoms in total. The van der Waals surface area contributed by atoms with E-state index in [9.17, 15) is 4.79 Å². The smallest absolute Gasteiger partial charge is 0.220 e. The quantitative estimate of drug-likeness (QED) is 0.752. The molecule has 0 spiro atoms. The number of nitrogens with zero attached hydrogens (tertiary/aromatic N) is 2. The molecule has 100 valence electrons. The minimum absolute atomic E-state index is 0.109. The van der Waals surface area contributed by atoms with E-state index in [1.807, 2.05) is 0 Å². The Morgan fingerprint density at radius 1 is 1.41 bits per heavy atom. The van der Waals surface area contributed by atoms with Crippen molar-refractivity contribution in [2.75, 3.05) is 33.7 Å². The Kier molecular flexibility index (Phi) is 5.92. The molecular formula is C13H27N3O. The van der Waals surface area contributed by atoms with Crippen LogP contribution in [0.3, 0.4) is 0 Å². The van der Waals surface area contributed by atoms with Crippen LogP contribution >= 0.6 is 0 Å². The lowest BCUT2D eigenvalue weighted by Gasteiger charge is -2.36. The van der Waals surface area contributed by atoms with Crippen molar-refractivity contribution in [1.82, 2.24) is 9.80 Å². The van der Waals surface area contributed by atoms with Crippen molar-refractivity contribution in [2.24, 2.45) is 11.7 Å². The molecule has 1 fully saturated rings. The fourth-order valence-corrected chi connectivity index (χ4v) is 2.60. The summed E-state index contributed by atoms with van der Waals surface area (Å²) in [7, 11) is 4.23. The van der Waals surface area contributed by atoms with Crippen molar-refractivity contribution in [1.29, 1.82) is 0 Å². The molecule has 0 aromatic rings. The number of primary amides is 1. The van der Waals surface area contributed by atoms with Crippen molar-refractivity contribution >= 4 is 5.91 Å². The van der Waals surface area contributed by atoms with Gasteiger partial charge >= 0.3 is 0 Å². The van der Waals surface area contributed by atoms with Crippen LogP contribution in [0.15, 0.2) is 0 Å². The Morgan fingerprint density at radius 2 is 2.00 bits per heavy atom. The average Bonchev–Trinajstić information content (AvgIpc) is 2.30. The van der Waals surface area contributed by atoms with Gasteiger partial charge in [0.25, 0.3) is 0 Å². The van der Waals surface area contributed by atoms with Gasteiger partial charge in [-0.3, -0.25) is 4.79 Å². The van der Waals surface area contributed by atoms with E-state index < -0.39 is 0 Å². The van der Waals surface area contributed by atoms with E-state index in [-0.39, 0.29) is 11.8 Å². The van der Waals surface area contributed by atoms with Crippen molar-refractivity contribution in [3.05, 3.63) is 0 Å². The maximum atomic E-state index is 11.1. The molecule has 2 N–H and O–H groups in total. The highest BCUT2D eigenvalue weighted by molar-refractivity contribution is 5.76. The SMILES string of the molecule is CCC(CCN(C)C)N1CCC(C(N)=O)CC1. The van der Waals surface area contributed by atoms with E-state index in [1.54, 1.807) is 0 Å². The van der Waals surface area contributed by atoms with Crippen LogP contribution in [0.1, 0.15) is 32.6 Å². The molecule has 1 saturated heterocycles. The molecule has 0 aromatic heterocycles. The first-order valence-corrected chi connectivity index (χ1v) is 6.72. The van der Waals surface area contributed by atoms with E-state index >= 15 is 0 Å². The largest absolute Gasteiger partial charge is 0.369 e. The molecule has 1 atom stereocenters. The normalized spacial score (nSPS) is 20.7. The molecular weight excluding hydrogens is 214 g/mol. The summed E-state index contributed by atoms with van der Waals surface area (Å²) >= 11 is 0. The Bertz CT molecular complexity index is 235. The molecule has 0 radical (unpaired) electrons. The molecule has 1 unspecified atom stereocenters. The number of nitrogens with two attached hydrogens (primary N) is 1.